The van der Waals surface area contributed by atoms with Crippen molar-refractivity contribution in [3.8, 4) is 0 Å². The summed E-state index contributed by atoms with van der Waals surface area (Å²) >= 11 is 0. The number of aromatic amines is 1. The molecule has 0 bridgehead atoms. The van der Waals surface area contributed by atoms with Crippen LogP contribution in [-0.2, 0) is 5.41 Å². The van der Waals surface area contributed by atoms with E-state index >= 15 is 0 Å². The highest BCUT2D eigenvalue weighted by atomic mass is 19.4. The molecule has 1 aliphatic carbocycles. The summed E-state index contributed by atoms with van der Waals surface area (Å²) in [6.45, 7) is 3.77. The molecule has 26 heavy (non-hydrogen) atoms. The lowest BCUT2D eigenvalue weighted by molar-refractivity contribution is -0.186. The van der Waals surface area contributed by atoms with Crippen molar-refractivity contribution in [3.05, 3.63) is 59.8 Å². The van der Waals surface area contributed by atoms with E-state index in [-0.39, 0.29) is 6.42 Å². The third-order valence-corrected chi connectivity index (χ3v) is 5.37. The second-order valence-corrected chi connectivity index (χ2v) is 7.58. The molecule has 1 aliphatic rings. The van der Waals surface area contributed by atoms with Gasteiger partial charge in [-0.25, -0.2) is 0 Å². The molecule has 4 rings (SSSR count). The Balaban J connectivity index is 1.84. The van der Waals surface area contributed by atoms with Gasteiger partial charge in [-0.1, -0.05) is 44.2 Å². The summed E-state index contributed by atoms with van der Waals surface area (Å²) in [4.78, 5) is 0. The third kappa shape index (κ3) is 2.73. The number of hydrogen-bond acceptors (Lipinski definition) is 2. The van der Waals surface area contributed by atoms with E-state index in [2.05, 4.69) is 15.5 Å². The van der Waals surface area contributed by atoms with Crippen LogP contribution in [0.1, 0.15) is 37.4 Å². The maximum absolute atomic E-state index is 13.9. The summed E-state index contributed by atoms with van der Waals surface area (Å²) in [6, 6.07) is 12.1. The highest BCUT2D eigenvalue weighted by Crippen LogP contribution is 2.51. The normalized spacial score (nSPS) is 22.2. The molecule has 2 atom stereocenters. The van der Waals surface area contributed by atoms with E-state index in [1.165, 1.54) is 0 Å². The summed E-state index contributed by atoms with van der Waals surface area (Å²) < 4.78 is 41.8. The largest absolute Gasteiger partial charge is 0.394 e. The molecule has 2 aromatic carbocycles. The van der Waals surface area contributed by atoms with Gasteiger partial charge in [0.1, 0.15) is 0 Å². The van der Waals surface area contributed by atoms with Gasteiger partial charge < -0.3 is 5.32 Å². The van der Waals surface area contributed by atoms with E-state index < -0.39 is 23.6 Å². The number of aromatic nitrogens is 2. The minimum absolute atomic E-state index is 0.0482. The van der Waals surface area contributed by atoms with E-state index in [4.69, 9.17) is 0 Å². The van der Waals surface area contributed by atoms with Gasteiger partial charge in [0.15, 0.2) is 0 Å². The predicted octanol–water partition coefficient (Wildman–Crippen LogP) is 5.58. The molecule has 0 radical (unpaired) electrons. The Bertz CT molecular complexity index is 943. The minimum Gasteiger partial charge on any atom is -0.377 e. The molecule has 3 aromatic rings. The number of H-pyrrole nitrogens is 1. The monoisotopic (exact) mass is 359 g/mol. The van der Waals surface area contributed by atoms with Crippen LogP contribution in [0.5, 0.6) is 0 Å². The van der Waals surface area contributed by atoms with Gasteiger partial charge in [0.05, 0.1) is 23.7 Å². The first kappa shape index (κ1) is 16.9. The molecule has 136 valence electrons. The van der Waals surface area contributed by atoms with Crippen molar-refractivity contribution in [1.82, 2.24) is 10.2 Å². The topological polar surface area (TPSA) is 40.7 Å². The lowest BCUT2D eigenvalue weighted by atomic mass is 9.66. The van der Waals surface area contributed by atoms with Gasteiger partial charge in [-0.3, -0.25) is 5.10 Å². The molecule has 0 fully saturated rings. The highest BCUT2D eigenvalue weighted by molar-refractivity contribution is 5.91. The van der Waals surface area contributed by atoms with Crippen molar-refractivity contribution in [1.29, 1.82) is 0 Å². The van der Waals surface area contributed by atoms with Gasteiger partial charge in [0, 0.05) is 11.1 Å². The van der Waals surface area contributed by atoms with Crippen LogP contribution in [0.15, 0.2) is 48.7 Å². The molecule has 3 nitrogen and oxygen atoms in total. The van der Waals surface area contributed by atoms with Gasteiger partial charge in [-0.2, -0.15) is 18.3 Å². The van der Waals surface area contributed by atoms with Crippen LogP contribution in [0.25, 0.3) is 10.9 Å². The van der Waals surface area contributed by atoms with Gasteiger partial charge >= 0.3 is 6.18 Å². The summed E-state index contributed by atoms with van der Waals surface area (Å²) in [5, 5.41) is 10.8. The van der Waals surface area contributed by atoms with Crippen LogP contribution in [0.4, 0.5) is 18.9 Å². The molecule has 0 saturated carbocycles. The molecule has 1 heterocycles. The first-order valence-corrected chi connectivity index (χ1v) is 8.62. The standard InChI is InChI=1S/C20H20F3N3/c1-19(2)10-15(20(21,22)23)18(12-6-3-4-7-14(12)19)25-16-8-5-9-17-13(16)11-24-26-17/h3-9,11,15,18,25H,10H2,1-2H3,(H,24,26). The summed E-state index contributed by atoms with van der Waals surface area (Å²) in [5.41, 5.74) is 2.60. The van der Waals surface area contributed by atoms with Gasteiger partial charge in [-0.15, -0.1) is 0 Å². The van der Waals surface area contributed by atoms with Crippen molar-refractivity contribution in [3.63, 3.8) is 0 Å². The lowest BCUT2D eigenvalue weighted by Crippen LogP contribution is -2.42. The Hall–Kier alpha value is -2.50. The van der Waals surface area contributed by atoms with Gasteiger partial charge in [0.2, 0.25) is 0 Å². The molecule has 0 spiro atoms. The number of rotatable bonds is 2. The molecule has 6 heteroatoms. The molecule has 0 aliphatic heterocycles. The number of fused-ring (bicyclic) bond motifs is 2. The zero-order valence-corrected chi connectivity index (χ0v) is 14.6. The molecular weight excluding hydrogens is 339 g/mol. The molecule has 2 N–H and O–H groups in total. The molecule has 0 saturated heterocycles. The Kier molecular flexibility index (Phi) is 3.75. The van der Waals surface area contributed by atoms with E-state index in [0.717, 1.165) is 16.5 Å². The van der Waals surface area contributed by atoms with Crippen LogP contribution in [0.3, 0.4) is 0 Å². The predicted molar refractivity (Wildman–Crippen MR) is 96.1 cm³/mol. The summed E-state index contributed by atoms with van der Waals surface area (Å²) in [7, 11) is 0. The van der Waals surface area contributed by atoms with Crippen LogP contribution in [0.2, 0.25) is 0 Å². The van der Waals surface area contributed by atoms with Gasteiger partial charge in [0.25, 0.3) is 0 Å². The number of hydrogen-bond donors (Lipinski definition) is 2. The molecule has 2 unspecified atom stereocenters. The number of benzene rings is 2. The van der Waals surface area contributed by atoms with Crippen molar-refractivity contribution in [2.75, 3.05) is 5.32 Å². The number of nitrogens with zero attached hydrogens (tertiary/aromatic N) is 1. The van der Waals surface area contributed by atoms with E-state index in [1.54, 1.807) is 18.3 Å². The third-order valence-electron chi connectivity index (χ3n) is 5.37. The van der Waals surface area contributed by atoms with Gasteiger partial charge in [-0.05, 0) is 35.1 Å². The lowest BCUT2D eigenvalue weighted by Gasteiger charge is -2.43. The van der Waals surface area contributed by atoms with Crippen molar-refractivity contribution >= 4 is 16.6 Å². The molecule has 1 aromatic heterocycles. The highest BCUT2D eigenvalue weighted by Gasteiger charge is 2.51. The number of halogens is 3. The van der Waals surface area contributed by atoms with Crippen LogP contribution in [0, 0.1) is 5.92 Å². The fraction of sp³-hybridized carbons (Fsp3) is 0.350. The maximum Gasteiger partial charge on any atom is 0.394 e. The first-order chi connectivity index (χ1) is 12.3. The minimum atomic E-state index is -4.28. The molecular formula is C20H20F3N3. The van der Waals surface area contributed by atoms with Crippen molar-refractivity contribution < 1.29 is 13.2 Å². The van der Waals surface area contributed by atoms with E-state index in [1.807, 2.05) is 44.2 Å². The Labute approximate surface area is 149 Å². The maximum atomic E-state index is 13.9. The fourth-order valence-electron chi connectivity index (χ4n) is 4.12. The average molecular weight is 359 g/mol. The summed E-state index contributed by atoms with van der Waals surface area (Å²) in [5.74, 6) is -1.46. The second kappa shape index (κ2) is 5.76. The number of anilines is 1. The quantitative estimate of drug-likeness (QED) is 0.627. The Morgan fingerprint density at radius 2 is 1.88 bits per heavy atom. The van der Waals surface area contributed by atoms with Crippen LogP contribution >= 0.6 is 0 Å². The van der Waals surface area contributed by atoms with Crippen LogP contribution in [-0.4, -0.2) is 16.4 Å². The zero-order valence-electron chi connectivity index (χ0n) is 14.6. The SMILES string of the molecule is CC1(C)CC(C(F)(F)F)C(Nc2cccc3[nH]ncc23)c2ccccc21. The number of alkyl halides is 3. The van der Waals surface area contributed by atoms with Crippen LogP contribution < -0.4 is 5.32 Å². The zero-order chi connectivity index (χ0) is 18.5. The Morgan fingerprint density at radius 3 is 2.65 bits per heavy atom. The van der Waals surface area contributed by atoms with Crippen molar-refractivity contribution in [2.24, 2.45) is 5.92 Å². The van der Waals surface area contributed by atoms with Crippen molar-refractivity contribution in [2.45, 2.75) is 37.9 Å². The number of nitrogens with one attached hydrogen (secondary N) is 2. The molecule has 0 amide bonds. The summed E-state index contributed by atoms with van der Waals surface area (Å²) in [6.07, 6.45) is -2.60. The van der Waals surface area contributed by atoms with E-state index in [0.29, 0.717) is 11.3 Å². The second-order valence-electron chi connectivity index (χ2n) is 7.58. The average Bonchev–Trinajstić information content (AvgIpc) is 3.06. The Morgan fingerprint density at radius 1 is 1.12 bits per heavy atom. The smallest absolute Gasteiger partial charge is 0.377 e. The van der Waals surface area contributed by atoms with E-state index in [9.17, 15) is 13.2 Å². The fourth-order valence-corrected chi connectivity index (χ4v) is 4.12. The first-order valence-electron chi connectivity index (χ1n) is 8.62.